The molecular formula is C14H18ClN3O3. The van der Waals surface area contributed by atoms with Crippen LogP contribution in [0.4, 0.5) is 0 Å². The third-order valence-corrected chi connectivity index (χ3v) is 3.64. The standard InChI is InChI=1S/C14H18ClN3O3/c15-10-6-9(7-12-13(10)21-5-4-20-12)11(19)8-18-14-16-2-1-3-17-14/h6-7,11,19H,1-5,8H2,(H2,16,17,18). The van der Waals surface area contributed by atoms with Crippen molar-refractivity contribution in [2.24, 2.45) is 4.99 Å². The Labute approximate surface area is 128 Å². The average Bonchev–Trinajstić information content (AvgIpc) is 2.53. The molecule has 21 heavy (non-hydrogen) atoms. The first-order chi connectivity index (χ1) is 10.2. The molecule has 1 aromatic rings. The molecule has 0 aliphatic carbocycles. The van der Waals surface area contributed by atoms with Gasteiger partial charge in [-0.2, -0.15) is 0 Å². The Bertz CT molecular complexity index is 551. The summed E-state index contributed by atoms with van der Waals surface area (Å²) in [4.78, 5) is 4.30. The smallest absolute Gasteiger partial charge is 0.191 e. The highest BCUT2D eigenvalue weighted by atomic mass is 35.5. The number of ether oxygens (including phenoxy) is 2. The van der Waals surface area contributed by atoms with Gasteiger partial charge < -0.3 is 25.2 Å². The maximum absolute atomic E-state index is 10.3. The molecule has 1 aromatic carbocycles. The van der Waals surface area contributed by atoms with Crippen molar-refractivity contribution < 1.29 is 14.6 Å². The SMILES string of the molecule is OC(CNC1=NCCCN1)c1cc(Cl)c2c(c1)OCCO2. The van der Waals surface area contributed by atoms with Gasteiger partial charge in [-0.15, -0.1) is 0 Å². The fourth-order valence-corrected chi connectivity index (χ4v) is 2.56. The van der Waals surface area contributed by atoms with Crippen LogP contribution < -0.4 is 20.1 Å². The summed E-state index contributed by atoms with van der Waals surface area (Å²) in [6.45, 7) is 3.03. The summed E-state index contributed by atoms with van der Waals surface area (Å²) in [5.74, 6) is 1.85. The molecule has 0 spiro atoms. The van der Waals surface area contributed by atoms with Gasteiger partial charge in [0.1, 0.15) is 13.2 Å². The number of rotatable bonds is 3. The Kier molecular flexibility index (Phi) is 4.36. The van der Waals surface area contributed by atoms with Crippen LogP contribution in [0.3, 0.4) is 0 Å². The molecule has 2 heterocycles. The van der Waals surface area contributed by atoms with E-state index in [4.69, 9.17) is 21.1 Å². The summed E-state index contributed by atoms with van der Waals surface area (Å²) in [5.41, 5.74) is 0.688. The van der Waals surface area contributed by atoms with Gasteiger partial charge in [0.25, 0.3) is 0 Å². The minimum Gasteiger partial charge on any atom is -0.486 e. The van der Waals surface area contributed by atoms with Crippen molar-refractivity contribution in [2.45, 2.75) is 12.5 Å². The van der Waals surface area contributed by atoms with Gasteiger partial charge in [0.2, 0.25) is 0 Å². The minimum absolute atomic E-state index is 0.349. The van der Waals surface area contributed by atoms with E-state index in [0.29, 0.717) is 41.8 Å². The highest BCUT2D eigenvalue weighted by Crippen LogP contribution is 2.39. The van der Waals surface area contributed by atoms with Gasteiger partial charge in [0.15, 0.2) is 17.5 Å². The number of guanidine groups is 1. The van der Waals surface area contributed by atoms with Gasteiger partial charge in [0, 0.05) is 19.6 Å². The summed E-state index contributed by atoms with van der Waals surface area (Å²) < 4.78 is 11.0. The maximum Gasteiger partial charge on any atom is 0.191 e. The number of halogens is 1. The summed E-state index contributed by atoms with van der Waals surface area (Å²) in [6.07, 6.45) is 0.329. The summed E-state index contributed by atoms with van der Waals surface area (Å²) in [5, 5.41) is 17.0. The molecule has 0 aromatic heterocycles. The van der Waals surface area contributed by atoms with Gasteiger partial charge in [0.05, 0.1) is 11.1 Å². The molecule has 1 atom stereocenters. The van der Waals surface area contributed by atoms with E-state index in [2.05, 4.69) is 15.6 Å². The van der Waals surface area contributed by atoms with E-state index >= 15 is 0 Å². The van der Waals surface area contributed by atoms with Gasteiger partial charge in [-0.25, -0.2) is 0 Å². The number of nitrogens with zero attached hydrogens (tertiary/aromatic N) is 1. The second-order valence-corrected chi connectivity index (χ2v) is 5.34. The van der Waals surface area contributed by atoms with Crippen LogP contribution in [0.2, 0.25) is 5.02 Å². The Morgan fingerprint density at radius 1 is 1.38 bits per heavy atom. The number of nitrogens with one attached hydrogen (secondary N) is 2. The van der Waals surface area contributed by atoms with E-state index in [9.17, 15) is 5.11 Å². The molecule has 0 saturated carbocycles. The predicted molar refractivity (Wildman–Crippen MR) is 80.3 cm³/mol. The lowest BCUT2D eigenvalue weighted by Crippen LogP contribution is -2.42. The number of aliphatic hydroxyl groups is 1. The Morgan fingerprint density at radius 2 is 2.24 bits per heavy atom. The van der Waals surface area contributed by atoms with Crippen molar-refractivity contribution in [2.75, 3.05) is 32.8 Å². The lowest BCUT2D eigenvalue weighted by molar-refractivity contribution is 0.165. The molecular weight excluding hydrogens is 294 g/mol. The molecule has 6 nitrogen and oxygen atoms in total. The van der Waals surface area contributed by atoms with E-state index in [1.165, 1.54) is 0 Å². The minimum atomic E-state index is -0.704. The molecule has 0 amide bonds. The fraction of sp³-hybridized carbons (Fsp3) is 0.500. The third kappa shape index (κ3) is 3.33. The Balaban J connectivity index is 1.68. The van der Waals surface area contributed by atoms with Crippen molar-refractivity contribution in [3.8, 4) is 11.5 Å². The van der Waals surface area contributed by atoms with E-state index in [-0.39, 0.29) is 0 Å². The van der Waals surface area contributed by atoms with Gasteiger partial charge in [-0.05, 0) is 24.1 Å². The van der Waals surface area contributed by atoms with Crippen LogP contribution in [0.1, 0.15) is 18.1 Å². The normalized spacial score (nSPS) is 18.5. The van der Waals surface area contributed by atoms with Crippen molar-refractivity contribution >= 4 is 17.6 Å². The first-order valence-corrected chi connectivity index (χ1v) is 7.41. The van der Waals surface area contributed by atoms with Crippen LogP contribution >= 0.6 is 11.6 Å². The monoisotopic (exact) mass is 311 g/mol. The van der Waals surface area contributed by atoms with E-state index < -0.39 is 6.10 Å². The molecule has 0 fully saturated rings. The van der Waals surface area contributed by atoms with Crippen LogP contribution in [0.5, 0.6) is 11.5 Å². The first kappa shape index (κ1) is 14.3. The highest BCUT2D eigenvalue weighted by Gasteiger charge is 2.19. The highest BCUT2D eigenvalue weighted by molar-refractivity contribution is 6.32. The largest absolute Gasteiger partial charge is 0.486 e. The summed E-state index contributed by atoms with van der Waals surface area (Å²) in [7, 11) is 0. The van der Waals surface area contributed by atoms with Crippen molar-refractivity contribution in [1.82, 2.24) is 10.6 Å². The van der Waals surface area contributed by atoms with Crippen molar-refractivity contribution in [3.63, 3.8) is 0 Å². The molecule has 0 radical (unpaired) electrons. The fourth-order valence-electron chi connectivity index (χ4n) is 2.29. The molecule has 2 aliphatic rings. The van der Waals surface area contributed by atoms with Crippen LogP contribution in [0.25, 0.3) is 0 Å². The number of aliphatic hydroxyl groups excluding tert-OH is 1. The van der Waals surface area contributed by atoms with Crippen LogP contribution in [0.15, 0.2) is 17.1 Å². The topological polar surface area (TPSA) is 75.1 Å². The summed E-state index contributed by atoms with van der Waals surface area (Å²) in [6, 6.07) is 3.47. The zero-order valence-corrected chi connectivity index (χ0v) is 12.3. The average molecular weight is 312 g/mol. The second kappa shape index (κ2) is 6.41. The van der Waals surface area contributed by atoms with E-state index in [1.807, 2.05) is 0 Å². The quantitative estimate of drug-likeness (QED) is 0.779. The zero-order valence-electron chi connectivity index (χ0n) is 11.6. The Hall–Kier alpha value is -1.66. The van der Waals surface area contributed by atoms with Crippen LogP contribution in [-0.2, 0) is 0 Å². The van der Waals surface area contributed by atoms with Crippen LogP contribution in [0, 0.1) is 0 Å². The first-order valence-electron chi connectivity index (χ1n) is 7.03. The number of benzene rings is 1. The van der Waals surface area contributed by atoms with E-state index in [0.717, 1.165) is 25.5 Å². The summed E-state index contributed by atoms with van der Waals surface area (Å²) >= 11 is 6.17. The van der Waals surface area contributed by atoms with Gasteiger partial charge in [-0.1, -0.05) is 11.6 Å². The predicted octanol–water partition coefficient (Wildman–Crippen LogP) is 1.08. The maximum atomic E-state index is 10.3. The second-order valence-electron chi connectivity index (χ2n) is 4.93. The molecule has 3 rings (SSSR count). The van der Waals surface area contributed by atoms with Gasteiger partial charge in [-0.3, -0.25) is 4.99 Å². The van der Waals surface area contributed by atoms with Crippen LogP contribution in [-0.4, -0.2) is 43.9 Å². The number of hydrogen-bond donors (Lipinski definition) is 3. The molecule has 2 aliphatic heterocycles. The molecule has 3 N–H and O–H groups in total. The number of hydrogen-bond acceptors (Lipinski definition) is 6. The van der Waals surface area contributed by atoms with Crippen molar-refractivity contribution in [3.05, 3.63) is 22.7 Å². The van der Waals surface area contributed by atoms with E-state index in [1.54, 1.807) is 12.1 Å². The number of fused-ring (bicyclic) bond motifs is 1. The molecule has 1 unspecified atom stereocenters. The molecule has 0 bridgehead atoms. The van der Waals surface area contributed by atoms with Gasteiger partial charge >= 0.3 is 0 Å². The lowest BCUT2D eigenvalue weighted by Gasteiger charge is -2.22. The Morgan fingerprint density at radius 3 is 3.05 bits per heavy atom. The molecule has 0 saturated heterocycles. The van der Waals surface area contributed by atoms with Crippen molar-refractivity contribution in [1.29, 1.82) is 0 Å². The number of aliphatic imine (C=N–C) groups is 1. The zero-order chi connectivity index (χ0) is 14.7. The molecule has 7 heteroatoms. The molecule has 114 valence electrons. The lowest BCUT2D eigenvalue weighted by atomic mass is 10.1. The third-order valence-electron chi connectivity index (χ3n) is 3.36.